The van der Waals surface area contributed by atoms with Gasteiger partial charge < -0.3 is 9.88 Å². The number of aromatic nitrogens is 3. The van der Waals surface area contributed by atoms with Crippen LogP contribution in [0.4, 0.5) is 5.69 Å². The van der Waals surface area contributed by atoms with E-state index in [4.69, 9.17) is 0 Å². The molecule has 7 heteroatoms. The molecular weight excluding hydrogens is 348 g/mol. The molecule has 0 radical (unpaired) electrons. The van der Waals surface area contributed by atoms with Gasteiger partial charge in [-0.25, -0.2) is 4.52 Å². The minimum Gasteiger partial charge on any atom is -0.324 e. The fourth-order valence-electron chi connectivity index (χ4n) is 3.44. The lowest BCUT2D eigenvalue weighted by Gasteiger charge is -2.10. The summed E-state index contributed by atoms with van der Waals surface area (Å²) in [5, 5.41) is 7.38. The van der Waals surface area contributed by atoms with E-state index >= 15 is 0 Å². The Hall–Kier alpha value is -2.54. The van der Waals surface area contributed by atoms with Gasteiger partial charge in [0.1, 0.15) is 12.1 Å². The number of amides is 1. The normalized spacial score (nSPS) is 13.6. The van der Waals surface area contributed by atoms with E-state index in [1.807, 2.05) is 30.5 Å². The van der Waals surface area contributed by atoms with E-state index in [2.05, 4.69) is 10.4 Å². The van der Waals surface area contributed by atoms with Crippen molar-refractivity contribution in [2.24, 2.45) is 0 Å². The Morgan fingerprint density at radius 2 is 2.12 bits per heavy atom. The van der Waals surface area contributed by atoms with Gasteiger partial charge in [-0.15, -0.1) is 11.8 Å². The van der Waals surface area contributed by atoms with Crippen molar-refractivity contribution in [1.82, 2.24) is 14.2 Å². The van der Waals surface area contributed by atoms with E-state index in [1.165, 1.54) is 4.57 Å². The zero-order valence-electron chi connectivity index (χ0n) is 14.6. The zero-order chi connectivity index (χ0) is 18.1. The van der Waals surface area contributed by atoms with Crippen molar-refractivity contribution in [2.45, 2.75) is 37.1 Å². The number of rotatable bonds is 4. The van der Waals surface area contributed by atoms with Gasteiger partial charge in [-0.2, -0.15) is 5.10 Å². The number of anilines is 1. The van der Waals surface area contributed by atoms with Crippen molar-refractivity contribution in [3.8, 4) is 0 Å². The van der Waals surface area contributed by atoms with Gasteiger partial charge in [0.15, 0.2) is 0 Å². The highest BCUT2D eigenvalue weighted by Crippen LogP contribution is 2.22. The average Bonchev–Trinajstić information content (AvgIpc) is 3.03. The number of benzene rings is 1. The van der Waals surface area contributed by atoms with Gasteiger partial charge in [0.25, 0.3) is 5.56 Å². The molecule has 0 atom stereocenters. The first-order valence-corrected chi connectivity index (χ1v) is 9.91. The molecule has 1 aliphatic rings. The van der Waals surface area contributed by atoms with Crippen molar-refractivity contribution in [3.63, 3.8) is 0 Å². The number of hydrogen-bond donors (Lipinski definition) is 1. The maximum Gasteiger partial charge on any atom is 0.277 e. The smallest absolute Gasteiger partial charge is 0.277 e. The van der Waals surface area contributed by atoms with E-state index in [0.29, 0.717) is 5.52 Å². The summed E-state index contributed by atoms with van der Waals surface area (Å²) < 4.78 is 3.12. The van der Waals surface area contributed by atoms with E-state index in [9.17, 15) is 9.59 Å². The first kappa shape index (κ1) is 16.9. The van der Waals surface area contributed by atoms with Crippen molar-refractivity contribution in [3.05, 3.63) is 58.3 Å². The maximum absolute atomic E-state index is 12.9. The molecule has 1 aromatic carbocycles. The Labute approximate surface area is 155 Å². The van der Waals surface area contributed by atoms with Gasteiger partial charge in [-0.1, -0.05) is 6.07 Å². The average molecular weight is 368 g/mol. The molecule has 3 aromatic rings. The molecule has 1 amide bonds. The lowest BCUT2D eigenvalue weighted by molar-refractivity contribution is -0.116. The largest absolute Gasteiger partial charge is 0.324 e. The summed E-state index contributed by atoms with van der Waals surface area (Å²) in [4.78, 5) is 26.3. The zero-order valence-corrected chi connectivity index (χ0v) is 15.4. The second kappa shape index (κ2) is 6.99. The summed E-state index contributed by atoms with van der Waals surface area (Å²) in [7, 11) is 0. The number of aryl methyl sites for hydroxylation is 2. The fraction of sp³-hybridized carbons (Fsp3) is 0.316. The minimum atomic E-state index is -0.219. The van der Waals surface area contributed by atoms with Crippen LogP contribution in [0.3, 0.4) is 0 Å². The molecular formula is C19H20N4O2S. The summed E-state index contributed by atoms with van der Waals surface area (Å²) in [6, 6.07) is 7.65. The van der Waals surface area contributed by atoms with E-state index in [0.717, 1.165) is 47.5 Å². The fourth-order valence-corrected chi connectivity index (χ4v) is 3.90. The molecule has 0 saturated heterocycles. The second-order valence-corrected chi connectivity index (χ2v) is 7.32. The van der Waals surface area contributed by atoms with Crippen molar-refractivity contribution < 1.29 is 4.79 Å². The van der Waals surface area contributed by atoms with Crippen LogP contribution in [0.2, 0.25) is 0 Å². The SMILES string of the molecule is CSc1cccc(NC(=O)Cn2ccn3nc4c(c3c2=O)CCCC4)c1. The van der Waals surface area contributed by atoms with Crippen LogP contribution in [0.5, 0.6) is 0 Å². The molecule has 26 heavy (non-hydrogen) atoms. The van der Waals surface area contributed by atoms with Gasteiger partial charge in [0.2, 0.25) is 5.91 Å². The lowest BCUT2D eigenvalue weighted by atomic mass is 9.97. The third-order valence-electron chi connectivity index (χ3n) is 4.70. The molecule has 6 nitrogen and oxygen atoms in total. The minimum absolute atomic E-state index is 0.0151. The molecule has 1 aliphatic carbocycles. The topological polar surface area (TPSA) is 68.4 Å². The van der Waals surface area contributed by atoms with Gasteiger partial charge in [-0.3, -0.25) is 9.59 Å². The Balaban J connectivity index is 1.59. The van der Waals surface area contributed by atoms with Gasteiger partial charge in [-0.05, 0) is 50.1 Å². The van der Waals surface area contributed by atoms with Crippen LogP contribution in [0.1, 0.15) is 24.1 Å². The van der Waals surface area contributed by atoms with Gasteiger partial charge in [0, 0.05) is 28.5 Å². The summed E-state index contributed by atoms with van der Waals surface area (Å²) in [6.07, 6.45) is 9.37. The summed E-state index contributed by atoms with van der Waals surface area (Å²) >= 11 is 1.62. The molecule has 0 spiro atoms. The number of fused-ring (bicyclic) bond motifs is 3. The number of carbonyl (C=O) groups is 1. The van der Waals surface area contributed by atoms with Crippen molar-refractivity contribution >= 4 is 28.9 Å². The quantitative estimate of drug-likeness (QED) is 0.719. The highest BCUT2D eigenvalue weighted by Gasteiger charge is 2.20. The predicted octanol–water partition coefficient (Wildman–Crippen LogP) is 2.74. The molecule has 4 rings (SSSR count). The standard InChI is InChI=1S/C19H20N4O2S/c1-26-14-6-4-5-13(11-14)20-17(24)12-22-9-10-23-18(19(22)25)15-7-2-3-8-16(15)21-23/h4-6,9-11H,2-3,7-8,12H2,1H3,(H,20,24). The third kappa shape index (κ3) is 3.14. The van der Waals surface area contributed by atoms with Crippen LogP contribution < -0.4 is 10.9 Å². The molecule has 1 N–H and O–H groups in total. The van der Waals surface area contributed by atoms with E-state index in [1.54, 1.807) is 28.7 Å². The van der Waals surface area contributed by atoms with E-state index in [-0.39, 0.29) is 18.0 Å². The van der Waals surface area contributed by atoms with Crippen LogP contribution in [0, 0.1) is 0 Å². The predicted molar refractivity (Wildman–Crippen MR) is 103 cm³/mol. The summed E-state index contributed by atoms with van der Waals surface area (Å²) in [5.41, 5.74) is 3.25. The second-order valence-electron chi connectivity index (χ2n) is 6.44. The van der Waals surface area contributed by atoms with E-state index < -0.39 is 0 Å². The van der Waals surface area contributed by atoms with Gasteiger partial charge in [0.05, 0.1) is 5.69 Å². The number of nitrogens with one attached hydrogen (secondary N) is 1. The number of nitrogens with zero attached hydrogens (tertiary/aromatic N) is 3. The maximum atomic E-state index is 12.9. The summed E-state index contributed by atoms with van der Waals surface area (Å²) in [6.45, 7) is -0.0151. The Morgan fingerprint density at radius 3 is 2.96 bits per heavy atom. The Kier molecular flexibility index (Phi) is 4.55. The van der Waals surface area contributed by atoms with Crippen LogP contribution >= 0.6 is 11.8 Å². The molecule has 134 valence electrons. The first-order valence-electron chi connectivity index (χ1n) is 8.69. The Bertz CT molecular complexity index is 1040. The molecule has 2 aromatic heterocycles. The first-order chi connectivity index (χ1) is 12.7. The number of carbonyl (C=O) groups excluding carboxylic acids is 1. The van der Waals surface area contributed by atoms with Crippen LogP contribution in [-0.4, -0.2) is 26.3 Å². The van der Waals surface area contributed by atoms with Crippen molar-refractivity contribution in [1.29, 1.82) is 0 Å². The van der Waals surface area contributed by atoms with Gasteiger partial charge >= 0.3 is 0 Å². The van der Waals surface area contributed by atoms with Crippen LogP contribution in [-0.2, 0) is 24.2 Å². The monoisotopic (exact) mass is 368 g/mol. The van der Waals surface area contributed by atoms with Crippen LogP contribution in [0.25, 0.3) is 5.52 Å². The number of thioether (sulfide) groups is 1. The third-order valence-corrected chi connectivity index (χ3v) is 5.43. The lowest BCUT2D eigenvalue weighted by Crippen LogP contribution is -2.28. The van der Waals surface area contributed by atoms with Crippen LogP contribution in [0.15, 0.2) is 46.3 Å². The molecule has 0 bridgehead atoms. The molecule has 0 aliphatic heterocycles. The molecule has 2 heterocycles. The molecule has 0 unspecified atom stereocenters. The van der Waals surface area contributed by atoms with Crippen molar-refractivity contribution in [2.75, 3.05) is 11.6 Å². The highest BCUT2D eigenvalue weighted by atomic mass is 32.2. The number of hydrogen-bond acceptors (Lipinski definition) is 4. The molecule has 0 saturated carbocycles. The summed E-state index contributed by atoms with van der Waals surface area (Å²) in [5.74, 6) is -0.219. The highest BCUT2D eigenvalue weighted by molar-refractivity contribution is 7.98. The molecule has 0 fully saturated rings. The Morgan fingerprint density at radius 1 is 1.27 bits per heavy atom.